The van der Waals surface area contributed by atoms with Crippen LogP contribution >= 0.6 is 11.3 Å². The number of sulfonamides is 1. The SMILES string of the molecule is Cc1ccc(N(C)S(=O)(=O)c2ccsc2C(=O)O)cc1. The van der Waals surface area contributed by atoms with Gasteiger partial charge in [0.05, 0.1) is 5.69 Å². The number of hydrogen-bond acceptors (Lipinski definition) is 4. The van der Waals surface area contributed by atoms with E-state index in [2.05, 4.69) is 0 Å². The number of aryl methyl sites for hydroxylation is 1. The zero-order chi connectivity index (χ0) is 14.9. The number of anilines is 1. The number of thiophene rings is 1. The Hall–Kier alpha value is -1.86. The molecule has 0 unspecified atom stereocenters. The maximum Gasteiger partial charge on any atom is 0.347 e. The minimum atomic E-state index is -3.87. The predicted octanol–water partition coefficient (Wildman–Crippen LogP) is 2.58. The summed E-state index contributed by atoms with van der Waals surface area (Å²) in [5.74, 6) is -1.24. The van der Waals surface area contributed by atoms with E-state index in [0.29, 0.717) is 5.69 Å². The normalized spacial score (nSPS) is 11.3. The van der Waals surface area contributed by atoms with Crippen LogP contribution in [0.4, 0.5) is 5.69 Å². The van der Waals surface area contributed by atoms with Crippen molar-refractivity contribution in [2.75, 3.05) is 11.4 Å². The maximum absolute atomic E-state index is 12.5. The van der Waals surface area contributed by atoms with Crippen molar-refractivity contribution in [1.82, 2.24) is 0 Å². The van der Waals surface area contributed by atoms with Crippen LogP contribution in [0.25, 0.3) is 0 Å². The molecule has 0 aliphatic heterocycles. The van der Waals surface area contributed by atoms with Crippen LogP contribution in [-0.4, -0.2) is 26.5 Å². The van der Waals surface area contributed by atoms with Crippen molar-refractivity contribution in [2.24, 2.45) is 0 Å². The molecule has 2 aromatic rings. The lowest BCUT2D eigenvalue weighted by Gasteiger charge is -2.19. The zero-order valence-electron chi connectivity index (χ0n) is 10.9. The van der Waals surface area contributed by atoms with E-state index in [1.807, 2.05) is 6.92 Å². The first-order valence-corrected chi connectivity index (χ1v) is 8.02. The fourth-order valence-corrected chi connectivity index (χ4v) is 4.13. The second-order valence-corrected chi connectivity index (χ2v) is 7.08. The second kappa shape index (κ2) is 5.26. The van der Waals surface area contributed by atoms with Gasteiger partial charge in [-0.1, -0.05) is 17.7 Å². The van der Waals surface area contributed by atoms with Gasteiger partial charge in [0.25, 0.3) is 10.0 Å². The average Bonchev–Trinajstić information content (AvgIpc) is 2.89. The summed E-state index contributed by atoms with van der Waals surface area (Å²) < 4.78 is 26.0. The summed E-state index contributed by atoms with van der Waals surface area (Å²) in [4.78, 5) is 10.7. The lowest BCUT2D eigenvalue weighted by atomic mass is 10.2. The molecule has 0 aliphatic rings. The molecule has 1 heterocycles. The minimum Gasteiger partial charge on any atom is -0.477 e. The van der Waals surface area contributed by atoms with E-state index in [4.69, 9.17) is 5.11 Å². The molecule has 0 fully saturated rings. The molecule has 0 radical (unpaired) electrons. The third-order valence-corrected chi connectivity index (χ3v) is 5.72. The highest BCUT2D eigenvalue weighted by molar-refractivity contribution is 7.93. The number of carbonyl (C=O) groups is 1. The summed E-state index contributed by atoms with van der Waals surface area (Å²) in [6.07, 6.45) is 0. The Morgan fingerprint density at radius 3 is 2.35 bits per heavy atom. The zero-order valence-corrected chi connectivity index (χ0v) is 12.5. The number of carboxylic acids is 1. The highest BCUT2D eigenvalue weighted by Gasteiger charge is 2.28. The first-order chi connectivity index (χ1) is 9.34. The third-order valence-electron chi connectivity index (χ3n) is 2.86. The Bertz CT molecular complexity index is 732. The van der Waals surface area contributed by atoms with Gasteiger partial charge < -0.3 is 5.11 Å². The molecule has 1 aromatic carbocycles. The topological polar surface area (TPSA) is 74.7 Å². The molecule has 0 atom stereocenters. The largest absolute Gasteiger partial charge is 0.477 e. The molecule has 7 heteroatoms. The standard InChI is InChI=1S/C13H13NO4S2/c1-9-3-5-10(6-4-9)14(2)20(17,18)11-7-8-19-12(11)13(15)16/h3-8H,1-2H3,(H,15,16). The van der Waals surface area contributed by atoms with Crippen LogP contribution in [-0.2, 0) is 10.0 Å². The molecule has 0 spiro atoms. The van der Waals surface area contributed by atoms with Gasteiger partial charge in [0.1, 0.15) is 9.77 Å². The summed E-state index contributed by atoms with van der Waals surface area (Å²) in [6.45, 7) is 1.90. The number of carboxylic acid groups (broad SMARTS) is 1. The molecule has 0 aliphatic carbocycles. The molecule has 5 nitrogen and oxygen atoms in total. The summed E-state index contributed by atoms with van der Waals surface area (Å²) in [6, 6.07) is 8.27. The lowest BCUT2D eigenvalue weighted by molar-refractivity contribution is 0.0698. The van der Waals surface area contributed by atoms with Gasteiger partial charge in [-0.3, -0.25) is 4.31 Å². The molecule has 0 bridgehead atoms. The van der Waals surface area contributed by atoms with Gasteiger partial charge in [0, 0.05) is 7.05 Å². The fraction of sp³-hybridized carbons (Fsp3) is 0.154. The van der Waals surface area contributed by atoms with Gasteiger partial charge >= 0.3 is 5.97 Å². The van der Waals surface area contributed by atoms with Crippen LogP contribution in [0.3, 0.4) is 0 Å². The Balaban J connectivity index is 2.47. The van der Waals surface area contributed by atoms with Crippen LogP contribution in [0.2, 0.25) is 0 Å². The third kappa shape index (κ3) is 2.54. The minimum absolute atomic E-state index is 0.177. The van der Waals surface area contributed by atoms with Crippen molar-refractivity contribution in [3.63, 3.8) is 0 Å². The van der Waals surface area contributed by atoms with Crippen molar-refractivity contribution in [2.45, 2.75) is 11.8 Å². The van der Waals surface area contributed by atoms with Gasteiger partial charge in [-0.15, -0.1) is 11.3 Å². The van der Waals surface area contributed by atoms with Crippen molar-refractivity contribution in [3.05, 3.63) is 46.2 Å². The molecule has 0 saturated carbocycles. The molecule has 0 amide bonds. The lowest BCUT2D eigenvalue weighted by Crippen LogP contribution is -2.27. The quantitative estimate of drug-likeness (QED) is 0.941. The number of rotatable bonds is 4. The molecule has 20 heavy (non-hydrogen) atoms. The molecule has 1 aromatic heterocycles. The van der Waals surface area contributed by atoms with E-state index in [9.17, 15) is 13.2 Å². The van der Waals surface area contributed by atoms with E-state index in [1.54, 1.807) is 24.3 Å². The second-order valence-electron chi connectivity index (χ2n) is 4.23. The van der Waals surface area contributed by atoms with Crippen LogP contribution < -0.4 is 4.31 Å². The Labute approximate surface area is 121 Å². The molecule has 106 valence electrons. The molecule has 0 saturated heterocycles. The van der Waals surface area contributed by atoms with Crippen molar-refractivity contribution in [3.8, 4) is 0 Å². The monoisotopic (exact) mass is 311 g/mol. The Kier molecular flexibility index (Phi) is 3.82. The molecular formula is C13H13NO4S2. The van der Waals surface area contributed by atoms with E-state index in [0.717, 1.165) is 21.2 Å². The average molecular weight is 311 g/mol. The number of hydrogen-bond donors (Lipinski definition) is 1. The highest BCUT2D eigenvalue weighted by Crippen LogP contribution is 2.27. The van der Waals surface area contributed by atoms with Crippen molar-refractivity contribution >= 4 is 33.0 Å². The Morgan fingerprint density at radius 2 is 1.80 bits per heavy atom. The number of benzene rings is 1. The van der Waals surface area contributed by atoms with Gasteiger partial charge in [0.2, 0.25) is 0 Å². The number of aromatic carboxylic acids is 1. The van der Waals surface area contributed by atoms with E-state index < -0.39 is 16.0 Å². The maximum atomic E-state index is 12.5. The highest BCUT2D eigenvalue weighted by atomic mass is 32.2. The van der Waals surface area contributed by atoms with Gasteiger partial charge in [-0.2, -0.15) is 0 Å². The molecule has 1 N–H and O–H groups in total. The van der Waals surface area contributed by atoms with Gasteiger partial charge in [0.15, 0.2) is 0 Å². The van der Waals surface area contributed by atoms with E-state index >= 15 is 0 Å². The van der Waals surface area contributed by atoms with Crippen LogP contribution in [0.15, 0.2) is 40.6 Å². The fourth-order valence-electron chi connectivity index (χ4n) is 1.70. The van der Waals surface area contributed by atoms with Crippen molar-refractivity contribution < 1.29 is 18.3 Å². The molecular weight excluding hydrogens is 298 g/mol. The van der Waals surface area contributed by atoms with Crippen LogP contribution in [0.1, 0.15) is 15.2 Å². The Morgan fingerprint density at radius 1 is 1.20 bits per heavy atom. The summed E-state index contributed by atoms with van der Waals surface area (Å²) >= 11 is 0.894. The van der Waals surface area contributed by atoms with Gasteiger partial charge in [-0.05, 0) is 30.5 Å². The predicted molar refractivity (Wildman–Crippen MR) is 78.0 cm³/mol. The van der Waals surface area contributed by atoms with E-state index in [1.165, 1.54) is 18.5 Å². The first-order valence-electron chi connectivity index (χ1n) is 5.70. The smallest absolute Gasteiger partial charge is 0.347 e. The van der Waals surface area contributed by atoms with Crippen molar-refractivity contribution in [1.29, 1.82) is 0 Å². The van der Waals surface area contributed by atoms with Gasteiger partial charge in [-0.25, -0.2) is 13.2 Å². The number of nitrogens with zero attached hydrogens (tertiary/aromatic N) is 1. The molecule has 2 rings (SSSR count). The van der Waals surface area contributed by atoms with Crippen LogP contribution in [0.5, 0.6) is 0 Å². The summed E-state index contributed by atoms with van der Waals surface area (Å²) in [7, 11) is -2.47. The van der Waals surface area contributed by atoms with Crippen LogP contribution in [0, 0.1) is 6.92 Å². The summed E-state index contributed by atoms with van der Waals surface area (Å²) in [5.41, 5.74) is 1.50. The first kappa shape index (κ1) is 14.5. The summed E-state index contributed by atoms with van der Waals surface area (Å²) in [5, 5.41) is 10.5. The van der Waals surface area contributed by atoms with E-state index in [-0.39, 0.29) is 9.77 Å².